The molecule has 0 unspecified atom stereocenters. The Labute approximate surface area is 157 Å². The van der Waals surface area contributed by atoms with E-state index in [1.807, 2.05) is 35.8 Å². The fourth-order valence-electron chi connectivity index (χ4n) is 2.55. The van der Waals surface area contributed by atoms with E-state index in [0.717, 1.165) is 16.9 Å². The molecule has 0 spiro atoms. The quantitative estimate of drug-likeness (QED) is 0.656. The second-order valence-electron chi connectivity index (χ2n) is 6.38. The number of carbonyl (C=O) groups excluding carboxylic acids is 1. The Morgan fingerprint density at radius 2 is 1.88 bits per heavy atom. The highest BCUT2D eigenvalue weighted by molar-refractivity contribution is 7.99. The second-order valence-corrected chi connectivity index (χ2v) is 7.32. The van der Waals surface area contributed by atoms with Gasteiger partial charge in [0.25, 0.3) is 0 Å². The molecule has 134 valence electrons. The van der Waals surface area contributed by atoms with Crippen LogP contribution in [0.15, 0.2) is 60.0 Å². The van der Waals surface area contributed by atoms with Crippen LogP contribution in [0, 0.1) is 6.92 Å². The van der Waals surface area contributed by atoms with Gasteiger partial charge in [0.05, 0.1) is 5.75 Å². The molecular formula is C20H22N4OS. The van der Waals surface area contributed by atoms with Crippen LogP contribution in [0.25, 0.3) is 5.69 Å². The number of nitrogens with one attached hydrogen (secondary N) is 1. The number of para-hydroxylation sites is 1. The smallest absolute Gasteiger partial charge is 0.234 e. The summed E-state index contributed by atoms with van der Waals surface area (Å²) < 4.78 is 1.90. The van der Waals surface area contributed by atoms with Crippen molar-refractivity contribution in [2.45, 2.75) is 31.8 Å². The van der Waals surface area contributed by atoms with Crippen molar-refractivity contribution in [3.63, 3.8) is 0 Å². The van der Waals surface area contributed by atoms with Gasteiger partial charge in [-0.25, -0.2) is 0 Å². The van der Waals surface area contributed by atoms with Gasteiger partial charge in [-0.15, -0.1) is 10.2 Å². The normalized spacial score (nSPS) is 10.9. The Balaban J connectivity index is 1.65. The van der Waals surface area contributed by atoms with Gasteiger partial charge in [0.1, 0.15) is 6.33 Å². The number of benzene rings is 2. The van der Waals surface area contributed by atoms with Crippen LogP contribution in [0.2, 0.25) is 0 Å². The average molecular weight is 366 g/mol. The third kappa shape index (κ3) is 4.32. The topological polar surface area (TPSA) is 59.8 Å². The van der Waals surface area contributed by atoms with Gasteiger partial charge in [-0.3, -0.25) is 9.36 Å². The lowest BCUT2D eigenvalue weighted by Crippen LogP contribution is -2.15. The Morgan fingerprint density at radius 1 is 1.15 bits per heavy atom. The summed E-state index contributed by atoms with van der Waals surface area (Å²) in [5, 5.41) is 11.8. The Hall–Kier alpha value is -2.60. The minimum Gasteiger partial charge on any atom is -0.325 e. The minimum absolute atomic E-state index is 0.0611. The molecule has 2 aromatic carbocycles. The molecule has 0 aliphatic heterocycles. The van der Waals surface area contributed by atoms with Gasteiger partial charge >= 0.3 is 0 Å². The van der Waals surface area contributed by atoms with E-state index in [0.29, 0.717) is 11.1 Å². The monoisotopic (exact) mass is 366 g/mol. The molecule has 5 nitrogen and oxygen atoms in total. The van der Waals surface area contributed by atoms with Crippen molar-refractivity contribution in [3.05, 3.63) is 66.0 Å². The van der Waals surface area contributed by atoms with Crippen molar-refractivity contribution >= 4 is 23.4 Å². The summed E-state index contributed by atoms with van der Waals surface area (Å²) in [6.07, 6.45) is 1.67. The number of hydrogen-bond donors (Lipinski definition) is 1. The molecule has 3 rings (SSSR count). The number of anilines is 1. The summed E-state index contributed by atoms with van der Waals surface area (Å²) >= 11 is 1.37. The third-order valence-electron chi connectivity index (χ3n) is 4.11. The molecule has 26 heavy (non-hydrogen) atoms. The van der Waals surface area contributed by atoms with Crippen molar-refractivity contribution in [2.75, 3.05) is 11.1 Å². The minimum atomic E-state index is -0.0611. The average Bonchev–Trinajstić information content (AvgIpc) is 3.10. The van der Waals surface area contributed by atoms with Crippen LogP contribution >= 0.6 is 11.8 Å². The number of hydrogen-bond acceptors (Lipinski definition) is 4. The lowest BCUT2D eigenvalue weighted by Gasteiger charge is -2.10. The first-order valence-electron chi connectivity index (χ1n) is 8.53. The van der Waals surface area contributed by atoms with Gasteiger partial charge in [0, 0.05) is 11.4 Å². The van der Waals surface area contributed by atoms with Crippen LogP contribution < -0.4 is 5.32 Å². The van der Waals surface area contributed by atoms with Crippen molar-refractivity contribution in [1.29, 1.82) is 0 Å². The van der Waals surface area contributed by atoms with Gasteiger partial charge in [-0.1, -0.05) is 55.9 Å². The number of amides is 1. The molecule has 0 fully saturated rings. The molecule has 1 heterocycles. The van der Waals surface area contributed by atoms with Gasteiger partial charge in [-0.2, -0.15) is 0 Å². The van der Waals surface area contributed by atoms with Gasteiger partial charge in [0.15, 0.2) is 5.16 Å². The molecule has 0 radical (unpaired) electrons. The number of rotatable bonds is 6. The van der Waals surface area contributed by atoms with Crippen molar-refractivity contribution < 1.29 is 4.79 Å². The highest BCUT2D eigenvalue weighted by Crippen LogP contribution is 2.22. The van der Waals surface area contributed by atoms with Crippen LogP contribution in [0.5, 0.6) is 0 Å². The molecule has 0 bridgehead atoms. The molecule has 1 amide bonds. The molecule has 6 heteroatoms. The highest BCUT2D eigenvalue weighted by atomic mass is 32.2. The number of aryl methyl sites for hydroxylation is 1. The van der Waals surface area contributed by atoms with Crippen LogP contribution in [-0.4, -0.2) is 26.4 Å². The number of nitrogens with zero attached hydrogens (tertiary/aromatic N) is 3. The molecule has 1 aromatic heterocycles. The predicted molar refractivity (Wildman–Crippen MR) is 106 cm³/mol. The summed E-state index contributed by atoms with van der Waals surface area (Å²) in [7, 11) is 0. The summed E-state index contributed by atoms with van der Waals surface area (Å²) in [6.45, 7) is 6.31. The molecule has 0 aliphatic rings. The molecule has 0 aliphatic carbocycles. The number of thioether (sulfide) groups is 1. The summed E-state index contributed by atoms with van der Waals surface area (Å²) in [4.78, 5) is 12.2. The first-order valence-corrected chi connectivity index (χ1v) is 9.52. The SMILES string of the molecule is Cc1ccccc1NC(=O)CSc1nncn1-c1ccc(C(C)C)cc1. The van der Waals surface area contributed by atoms with Crippen LogP contribution in [0.1, 0.15) is 30.9 Å². The lowest BCUT2D eigenvalue weighted by molar-refractivity contribution is -0.113. The van der Waals surface area contributed by atoms with Crippen molar-refractivity contribution in [1.82, 2.24) is 14.8 Å². The standard InChI is InChI=1S/C20H22N4OS/c1-14(2)16-8-10-17(11-9-16)24-13-21-23-20(24)26-12-19(25)22-18-7-5-4-6-15(18)3/h4-11,13-14H,12H2,1-3H3,(H,22,25). The molecule has 0 saturated carbocycles. The zero-order valence-corrected chi connectivity index (χ0v) is 16.0. The highest BCUT2D eigenvalue weighted by Gasteiger charge is 2.11. The first kappa shape index (κ1) is 18.2. The fourth-order valence-corrected chi connectivity index (χ4v) is 3.28. The van der Waals surface area contributed by atoms with Crippen LogP contribution in [0.4, 0.5) is 5.69 Å². The van der Waals surface area contributed by atoms with E-state index < -0.39 is 0 Å². The maximum Gasteiger partial charge on any atom is 0.234 e. The predicted octanol–water partition coefficient (Wildman–Crippen LogP) is 4.43. The third-order valence-corrected chi connectivity index (χ3v) is 5.05. The molecular weight excluding hydrogens is 344 g/mol. The molecule has 0 saturated heterocycles. The van der Waals surface area contributed by atoms with E-state index in [1.165, 1.54) is 17.3 Å². The van der Waals surface area contributed by atoms with Crippen molar-refractivity contribution in [2.24, 2.45) is 0 Å². The summed E-state index contributed by atoms with van der Waals surface area (Å²) in [5.74, 6) is 0.704. The maximum atomic E-state index is 12.2. The first-order chi connectivity index (χ1) is 12.5. The maximum absolute atomic E-state index is 12.2. The summed E-state index contributed by atoms with van der Waals surface area (Å²) in [5.41, 5.74) is 4.15. The van der Waals surface area contributed by atoms with E-state index in [2.05, 4.69) is 53.6 Å². The van der Waals surface area contributed by atoms with E-state index in [4.69, 9.17) is 0 Å². The second kappa shape index (κ2) is 8.19. The van der Waals surface area contributed by atoms with Crippen molar-refractivity contribution in [3.8, 4) is 5.69 Å². The van der Waals surface area contributed by atoms with E-state index in [1.54, 1.807) is 6.33 Å². The van der Waals surface area contributed by atoms with E-state index in [9.17, 15) is 4.79 Å². The van der Waals surface area contributed by atoms with Gasteiger partial charge in [-0.05, 0) is 42.2 Å². The fraction of sp³-hybridized carbons (Fsp3) is 0.250. The Morgan fingerprint density at radius 3 is 2.58 bits per heavy atom. The number of carbonyl (C=O) groups is 1. The zero-order chi connectivity index (χ0) is 18.5. The van der Waals surface area contributed by atoms with Crippen LogP contribution in [0.3, 0.4) is 0 Å². The molecule has 1 N–H and O–H groups in total. The summed E-state index contributed by atoms with van der Waals surface area (Å²) in [6, 6.07) is 16.1. The Kier molecular flexibility index (Phi) is 5.73. The molecule has 3 aromatic rings. The van der Waals surface area contributed by atoms with Gasteiger partial charge in [0.2, 0.25) is 5.91 Å². The van der Waals surface area contributed by atoms with E-state index >= 15 is 0 Å². The largest absolute Gasteiger partial charge is 0.325 e. The molecule has 0 atom stereocenters. The zero-order valence-electron chi connectivity index (χ0n) is 15.1. The van der Waals surface area contributed by atoms with Gasteiger partial charge < -0.3 is 5.32 Å². The lowest BCUT2D eigenvalue weighted by atomic mass is 10.0. The van der Waals surface area contributed by atoms with Crippen LogP contribution in [-0.2, 0) is 4.79 Å². The Bertz CT molecular complexity index is 887. The number of aromatic nitrogens is 3. The van der Waals surface area contributed by atoms with E-state index in [-0.39, 0.29) is 11.7 Å².